The van der Waals surface area contributed by atoms with Gasteiger partial charge in [-0.25, -0.2) is 0 Å². The van der Waals surface area contributed by atoms with E-state index in [2.05, 4.69) is 11.4 Å². The highest BCUT2D eigenvalue weighted by Crippen LogP contribution is 2.28. The predicted molar refractivity (Wildman–Crippen MR) is 75.0 cm³/mol. The molecular formula is C14H12ClN3. The van der Waals surface area contributed by atoms with Crippen LogP contribution in [0.5, 0.6) is 0 Å². The molecule has 0 aliphatic carbocycles. The summed E-state index contributed by atoms with van der Waals surface area (Å²) in [7, 11) is 0. The lowest BCUT2D eigenvalue weighted by Gasteiger charge is -2.12. The number of nitrogens with zero attached hydrogens (tertiary/aromatic N) is 1. The van der Waals surface area contributed by atoms with Gasteiger partial charge in [-0.2, -0.15) is 5.26 Å². The van der Waals surface area contributed by atoms with E-state index < -0.39 is 0 Å². The van der Waals surface area contributed by atoms with Crippen LogP contribution in [-0.2, 0) is 0 Å². The quantitative estimate of drug-likeness (QED) is 0.804. The van der Waals surface area contributed by atoms with Crippen molar-refractivity contribution in [1.82, 2.24) is 0 Å². The smallest absolute Gasteiger partial charge is 0.102 e. The van der Waals surface area contributed by atoms with Crippen molar-refractivity contribution >= 4 is 28.7 Å². The maximum absolute atomic E-state index is 9.15. The Labute approximate surface area is 111 Å². The van der Waals surface area contributed by atoms with Gasteiger partial charge >= 0.3 is 0 Å². The number of nitrogen functional groups attached to an aromatic ring is 1. The fourth-order valence-corrected chi connectivity index (χ4v) is 1.87. The average Bonchev–Trinajstić information content (AvgIpc) is 2.34. The van der Waals surface area contributed by atoms with Crippen molar-refractivity contribution in [3.8, 4) is 6.07 Å². The van der Waals surface area contributed by atoms with Gasteiger partial charge in [0, 0.05) is 5.02 Å². The number of aryl methyl sites for hydroxylation is 1. The third-order valence-electron chi connectivity index (χ3n) is 2.67. The van der Waals surface area contributed by atoms with Crippen LogP contribution in [0.3, 0.4) is 0 Å². The third kappa shape index (κ3) is 2.39. The maximum atomic E-state index is 9.15. The van der Waals surface area contributed by atoms with E-state index in [9.17, 15) is 0 Å². The predicted octanol–water partition coefficient (Wildman–Crippen LogP) is 3.85. The number of hydrogen-bond acceptors (Lipinski definition) is 3. The number of hydrogen-bond donors (Lipinski definition) is 2. The number of nitrogens with one attached hydrogen (secondary N) is 1. The molecule has 2 aromatic carbocycles. The zero-order valence-corrected chi connectivity index (χ0v) is 10.6. The number of anilines is 3. The molecule has 0 saturated heterocycles. The van der Waals surface area contributed by atoms with Crippen LogP contribution in [0, 0.1) is 18.3 Å². The Morgan fingerprint density at radius 1 is 1.22 bits per heavy atom. The lowest BCUT2D eigenvalue weighted by Crippen LogP contribution is -1.99. The van der Waals surface area contributed by atoms with Crippen molar-refractivity contribution in [3.05, 3.63) is 52.5 Å². The molecule has 2 aromatic rings. The van der Waals surface area contributed by atoms with Gasteiger partial charge in [0.05, 0.1) is 22.6 Å². The monoisotopic (exact) mass is 257 g/mol. The largest absolute Gasteiger partial charge is 0.397 e. The molecule has 0 radical (unpaired) electrons. The van der Waals surface area contributed by atoms with E-state index in [1.807, 2.05) is 25.1 Å². The highest BCUT2D eigenvalue weighted by molar-refractivity contribution is 6.31. The maximum Gasteiger partial charge on any atom is 0.102 e. The Balaban J connectivity index is 2.44. The summed E-state index contributed by atoms with van der Waals surface area (Å²) in [5.74, 6) is 0. The lowest BCUT2D eigenvalue weighted by molar-refractivity contribution is 1.38. The Hall–Kier alpha value is -2.18. The molecule has 2 rings (SSSR count). The van der Waals surface area contributed by atoms with Gasteiger partial charge in [0.25, 0.3) is 0 Å². The molecule has 0 unspecified atom stereocenters. The minimum atomic E-state index is 0.588. The van der Waals surface area contributed by atoms with Gasteiger partial charge < -0.3 is 11.1 Å². The van der Waals surface area contributed by atoms with E-state index in [-0.39, 0.29) is 0 Å². The van der Waals surface area contributed by atoms with Crippen molar-refractivity contribution in [3.63, 3.8) is 0 Å². The van der Waals surface area contributed by atoms with E-state index in [0.29, 0.717) is 22.0 Å². The van der Waals surface area contributed by atoms with Gasteiger partial charge in [0.2, 0.25) is 0 Å². The van der Waals surface area contributed by atoms with Gasteiger partial charge in [-0.1, -0.05) is 23.7 Å². The van der Waals surface area contributed by atoms with Crippen molar-refractivity contribution < 1.29 is 0 Å². The molecule has 0 aromatic heterocycles. The molecule has 18 heavy (non-hydrogen) atoms. The van der Waals surface area contributed by atoms with E-state index in [1.165, 1.54) is 0 Å². The highest BCUT2D eigenvalue weighted by Gasteiger charge is 2.07. The standard InChI is InChI=1S/C14H12ClN3/c1-9-3-2-4-13(11(9)8-16)18-14-7-10(15)5-6-12(14)17/h2-7,18H,17H2,1H3. The van der Waals surface area contributed by atoms with E-state index >= 15 is 0 Å². The van der Waals surface area contributed by atoms with Crippen molar-refractivity contribution in [2.24, 2.45) is 0 Å². The Kier molecular flexibility index (Phi) is 3.40. The SMILES string of the molecule is Cc1cccc(Nc2cc(Cl)ccc2N)c1C#N. The van der Waals surface area contributed by atoms with Crippen LogP contribution in [0.1, 0.15) is 11.1 Å². The second-order valence-corrected chi connectivity index (χ2v) is 4.40. The lowest BCUT2D eigenvalue weighted by atomic mass is 10.1. The number of benzene rings is 2. The van der Waals surface area contributed by atoms with Crippen LogP contribution in [-0.4, -0.2) is 0 Å². The number of nitriles is 1. The Bertz CT molecular complexity index is 629. The molecule has 0 saturated carbocycles. The summed E-state index contributed by atoms with van der Waals surface area (Å²) in [6.45, 7) is 1.89. The highest BCUT2D eigenvalue weighted by atomic mass is 35.5. The third-order valence-corrected chi connectivity index (χ3v) is 2.90. The molecule has 4 heteroatoms. The molecule has 3 N–H and O–H groups in total. The fraction of sp³-hybridized carbons (Fsp3) is 0.0714. The first kappa shape index (κ1) is 12.3. The number of rotatable bonds is 2. The molecule has 0 spiro atoms. The summed E-state index contributed by atoms with van der Waals surface area (Å²) in [6.07, 6.45) is 0. The van der Waals surface area contributed by atoms with Crippen molar-refractivity contribution in [1.29, 1.82) is 5.26 Å². The summed E-state index contributed by atoms with van der Waals surface area (Å²) in [4.78, 5) is 0. The van der Waals surface area contributed by atoms with Crippen LogP contribution in [0.2, 0.25) is 5.02 Å². The Morgan fingerprint density at radius 3 is 2.72 bits per heavy atom. The van der Waals surface area contributed by atoms with Crippen LogP contribution >= 0.6 is 11.6 Å². The molecule has 0 fully saturated rings. The molecule has 0 aliphatic rings. The van der Waals surface area contributed by atoms with Gasteiger partial charge in [-0.3, -0.25) is 0 Å². The molecule has 0 heterocycles. The molecular weight excluding hydrogens is 246 g/mol. The molecule has 0 aliphatic heterocycles. The van der Waals surface area contributed by atoms with Crippen molar-refractivity contribution in [2.75, 3.05) is 11.1 Å². The zero-order chi connectivity index (χ0) is 13.1. The van der Waals surface area contributed by atoms with E-state index in [1.54, 1.807) is 18.2 Å². The van der Waals surface area contributed by atoms with Crippen LogP contribution in [0.15, 0.2) is 36.4 Å². The topological polar surface area (TPSA) is 61.8 Å². The molecule has 90 valence electrons. The minimum absolute atomic E-state index is 0.588. The van der Waals surface area contributed by atoms with E-state index in [4.69, 9.17) is 22.6 Å². The first-order chi connectivity index (χ1) is 8.61. The van der Waals surface area contributed by atoms with Gasteiger partial charge in [0.1, 0.15) is 6.07 Å². The van der Waals surface area contributed by atoms with Gasteiger partial charge in [-0.15, -0.1) is 0 Å². The Morgan fingerprint density at radius 2 is 2.00 bits per heavy atom. The summed E-state index contributed by atoms with van der Waals surface area (Å²) in [5.41, 5.74) is 9.41. The molecule has 0 bridgehead atoms. The molecule has 0 atom stereocenters. The van der Waals surface area contributed by atoms with E-state index in [0.717, 1.165) is 11.3 Å². The fourth-order valence-electron chi connectivity index (χ4n) is 1.70. The summed E-state index contributed by atoms with van der Waals surface area (Å²) in [6, 6.07) is 13.0. The first-order valence-electron chi connectivity index (χ1n) is 5.43. The van der Waals surface area contributed by atoms with Crippen molar-refractivity contribution in [2.45, 2.75) is 6.92 Å². The zero-order valence-electron chi connectivity index (χ0n) is 9.87. The number of halogens is 1. The first-order valence-corrected chi connectivity index (χ1v) is 5.81. The van der Waals surface area contributed by atoms with Crippen LogP contribution in [0.25, 0.3) is 0 Å². The normalized spacial score (nSPS) is 9.83. The average molecular weight is 258 g/mol. The van der Waals surface area contributed by atoms with Gasteiger partial charge in [-0.05, 0) is 36.8 Å². The van der Waals surface area contributed by atoms with Crippen LogP contribution in [0.4, 0.5) is 17.1 Å². The summed E-state index contributed by atoms with van der Waals surface area (Å²) < 4.78 is 0. The minimum Gasteiger partial charge on any atom is -0.397 e. The number of nitrogens with two attached hydrogens (primary N) is 1. The molecule has 3 nitrogen and oxygen atoms in total. The summed E-state index contributed by atoms with van der Waals surface area (Å²) >= 11 is 5.93. The van der Waals surface area contributed by atoms with Gasteiger partial charge in [0.15, 0.2) is 0 Å². The molecule has 0 amide bonds. The summed E-state index contributed by atoms with van der Waals surface area (Å²) in [5, 5.41) is 12.9. The van der Waals surface area contributed by atoms with Crippen LogP contribution < -0.4 is 11.1 Å². The second kappa shape index (κ2) is 4.99. The second-order valence-electron chi connectivity index (χ2n) is 3.97.